The lowest BCUT2D eigenvalue weighted by atomic mass is 10.3. The van der Waals surface area contributed by atoms with Crippen LogP contribution >= 0.6 is 0 Å². The van der Waals surface area contributed by atoms with E-state index in [9.17, 15) is 9.59 Å². The predicted molar refractivity (Wildman–Crippen MR) is 113 cm³/mol. The van der Waals surface area contributed by atoms with Crippen LogP contribution in [-0.4, -0.2) is 61.3 Å². The van der Waals surface area contributed by atoms with Gasteiger partial charge in [-0.05, 0) is 25.1 Å². The molecule has 10 heteroatoms. The van der Waals surface area contributed by atoms with Crippen molar-refractivity contribution in [2.75, 3.05) is 31.1 Å². The van der Waals surface area contributed by atoms with E-state index in [0.717, 1.165) is 11.5 Å². The Balaban J connectivity index is 1.26. The SMILES string of the molecule is Cc1ccn(-c2cc(N3CCN(C(=O)Cn4c(=O)oc5ccccc54)CC3)ncn2)n1. The molecule has 10 nitrogen and oxygen atoms in total. The molecule has 0 aliphatic carbocycles. The summed E-state index contributed by atoms with van der Waals surface area (Å²) in [7, 11) is 0. The number of benzene rings is 1. The summed E-state index contributed by atoms with van der Waals surface area (Å²) in [5, 5.41) is 4.39. The van der Waals surface area contributed by atoms with Crippen molar-refractivity contribution in [2.45, 2.75) is 13.5 Å². The third kappa shape index (κ3) is 3.67. The Hall–Kier alpha value is -3.95. The Morgan fingerprint density at radius 2 is 1.84 bits per heavy atom. The maximum Gasteiger partial charge on any atom is 0.420 e. The highest BCUT2D eigenvalue weighted by atomic mass is 16.4. The lowest BCUT2D eigenvalue weighted by Gasteiger charge is -2.35. The first kappa shape index (κ1) is 19.0. The van der Waals surface area contributed by atoms with Crippen LogP contribution in [0, 0.1) is 6.92 Å². The minimum atomic E-state index is -0.518. The van der Waals surface area contributed by atoms with Crippen molar-refractivity contribution in [1.29, 1.82) is 0 Å². The Kier molecular flexibility index (Phi) is 4.73. The van der Waals surface area contributed by atoms with E-state index in [0.29, 0.717) is 43.1 Å². The van der Waals surface area contributed by atoms with Gasteiger partial charge < -0.3 is 14.2 Å². The Morgan fingerprint density at radius 1 is 1.06 bits per heavy atom. The van der Waals surface area contributed by atoms with Gasteiger partial charge in [-0.25, -0.2) is 19.4 Å². The number of oxazole rings is 1. The van der Waals surface area contributed by atoms with Crippen LogP contribution in [0.4, 0.5) is 5.82 Å². The van der Waals surface area contributed by atoms with Gasteiger partial charge in [0.2, 0.25) is 5.91 Å². The highest BCUT2D eigenvalue weighted by Crippen LogP contribution is 2.17. The molecule has 1 fully saturated rings. The molecule has 0 bridgehead atoms. The smallest absolute Gasteiger partial charge is 0.408 e. The van der Waals surface area contributed by atoms with E-state index < -0.39 is 5.76 Å². The first-order valence-corrected chi connectivity index (χ1v) is 10.0. The normalized spacial score (nSPS) is 14.4. The molecular formula is C21H21N7O3. The minimum Gasteiger partial charge on any atom is -0.408 e. The van der Waals surface area contributed by atoms with Gasteiger partial charge in [-0.3, -0.25) is 9.36 Å². The number of anilines is 1. The maximum absolute atomic E-state index is 12.8. The number of carbonyl (C=O) groups excluding carboxylic acids is 1. The number of aryl methyl sites for hydroxylation is 1. The van der Waals surface area contributed by atoms with Crippen molar-refractivity contribution >= 4 is 22.8 Å². The number of para-hydroxylation sites is 2. The quantitative estimate of drug-likeness (QED) is 0.490. The van der Waals surface area contributed by atoms with Crippen LogP contribution in [0.1, 0.15) is 5.69 Å². The second-order valence-electron chi connectivity index (χ2n) is 7.43. The molecule has 1 amide bonds. The van der Waals surface area contributed by atoms with Crippen LogP contribution in [0.25, 0.3) is 16.9 Å². The molecule has 0 radical (unpaired) electrons. The van der Waals surface area contributed by atoms with Crippen LogP contribution in [0.15, 0.2) is 58.1 Å². The lowest BCUT2D eigenvalue weighted by Crippen LogP contribution is -2.50. The van der Waals surface area contributed by atoms with Crippen LogP contribution in [0.2, 0.25) is 0 Å². The first-order valence-electron chi connectivity index (χ1n) is 10.0. The van der Waals surface area contributed by atoms with Gasteiger partial charge in [-0.1, -0.05) is 12.1 Å². The number of piperazine rings is 1. The molecule has 0 spiro atoms. The topological polar surface area (TPSA) is 102 Å². The summed E-state index contributed by atoms with van der Waals surface area (Å²) in [6.07, 6.45) is 3.38. The van der Waals surface area contributed by atoms with Gasteiger partial charge in [-0.15, -0.1) is 0 Å². The third-order valence-corrected chi connectivity index (χ3v) is 5.42. The summed E-state index contributed by atoms with van der Waals surface area (Å²) >= 11 is 0. The van der Waals surface area contributed by atoms with Crippen molar-refractivity contribution < 1.29 is 9.21 Å². The molecule has 1 aliphatic heterocycles. The molecule has 0 N–H and O–H groups in total. The zero-order valence-corrected chi connectivity index (χ0v) is 17.0. The summed E-state index contributed by atoms with van der Waals surface area (Å²) in [4.78, 5) is 37.5. The van der Waals surface area contributed by atoms with E-state index in [2.05, 4.69) is 20.0 Å². The van der Waals surface area contributed by atoms with Gasteiger partial charge in [0, 0.05) is 38.4 Å². The van der Waals surface area contributed by atoms with Crippen LogP contribution in [0.5, 0.6) is 0 Å². The molecule has 158 valence electrons. The molecule has 0 unspecified atom stereocenters. The highest BCUT2D eigenvalue weighted by molar-refractivity contribution is 5.79. The number of aromatic nitrogens is 5. The van der Waals surface area contributed by atoms with Gasteiger partial charge >= 0.3 is 5.76 Å². The molecule has 3 aromatic heterocycles. The molecule has 0 saturated carbocycles. The molecule has 4 heterocycles. The zero-order chi connectivity index (χ0) is 21.4. The fraction of sp³-hybridized carbons (Fsp3) is 0.286. The first-order chi connectivity index (χ1) is 15.1. The number of amides is 1. The number of rotatable bonds is 4. The molecule has 0 atom stereocenters. The summed E-state index contributed by atoms with van der Waals surface area (Å²) in [5.41, 5.74) is 2.02. The number of carbonyl (C=O) groups is 1. The average molecular weight is 419 g/mol. The van der Waals surface area contributed by atoms with E-state index in [-0.39, 0.29) is 12.5 Å². The molecule has 1 aromatic carbocycles. The summed E-state index contributed by atoms with van der Waals surface area (Å²) in [5.74, 6) is 0.865. The molecular weight excluding hydrogens is 398 g/mol. The second-order valence-corrected chi connectivity index (χ2v) is 7.43. The Bertz CT molecular complexity index is 1300. The Labute approximate surface area is 177 Å². The van der Waals surface area contributed by atoms with E-state index in [4.69, 9.17) is 4.42 Å². The van der Waals surface area contributed by atoms with Gasteiger partial charge in [0.1, 0.15) is 18.7 Å². The molecule has 1 saturated heterocycles. The van der Waals surface area contributed by atoms with Gasteiger partial charge in [0.25, 0.3) is 0 Å². The zero-order valence-electron chi connectivity index (χ0n) is 17.0. The fourth-order valence-electron chi connectivity index (χ4n) is 3.76. The van der Waals surface area contributed by atoms with Crippen molar-refractivity contribution in [1.82, 2.24) is 29.2 Å². The number of hydrogen-bond donors (Lipinski definition) is 0. The number of hydrogen-bond acceptors (Lipinski definition) is 7. The monoisotopic (exact) mass is 419 g/mol. The summed E-state index contributed by atoms with van der Waals surface area (Å²) < 4.78 is 8.32. The molecule has 4 aromatic rings. The van der Waals surface area contributed by atoms with Crippen LogP contribution < -0.4 is 10.7 Å². The van der Waals surface area contributed by atoms with Gasteiger partial charge in [-0.2, -0.15) is 5.10 Å². The molecule has 5 rings (SSSR count). The third-order valence-electron chi connectivity index (χ3n) is 5.42. The van der Waals surface area contributed by atoms with Crippen molar-refractivity contribution in [3.05, 3.63) is 65.2 Å². The van der Waals surface area contributed by atoms with E-state index in [1.165, 1.54) is 10.9 Å². The Morgan fingerprint density at radius 3 is 2.61 bits per heavy atom. The second kappa shape index (κ2) is 7.71. The van der Waals surface area contributed by atoms with E-state index in [1.54, 1.807) is 27.8 Å². The average Bonchev–Trinajstić information content (AvgIpc) is 3.37. The lowest BCUT2D eigenvalue weighted by molar-refractivity contribution is -0.132. The van der Waals surface area contributed by atoms with Gasteiger partial charge in [0.05, 0.1) is 11.2 Å². The van der Waals surface area contributed by atoms with Crippen molar-refractivity contribution in [2.24, 2.45) is 0 Å². The minimum absolute atomic E-state index is 0.0356. The van der Waals surface area contributed by atoms with Gasteiger partial charge in [0.15, 0.2) is 11.4 Å². The number of fused-ring (bicyclic) bond motifs is 1. The number of nitrogens with zero attached hydrogens (tertiary/aromatic N) is 7. The van der Waals surface area contributed by atoms with E-state index >= 15 is 0 Å². The highest BCUT2D eigenvalue weighted by Gasteiger charge is 2.24. The standard InChI is InChI=1S/C21H21N7O3/c1-15-6-7-28(24-15)19-12-18(22-14-23-19)25-8-10-26(11-9-25)20(29)13-27-16-4-2-3-5-17(16)31-21(27)30/h2-7,12,14H,8-11,13H2,1H3. The summed E-state index contributed by atoms with van der Waals surface area (Å²) in [6.45, 7) is 4.26. The predicted octanol–water partition coefficient (Wildman–Crippen LogP) is 1.23. The molecule has 1 aliphatic rings. The largest absolute Gasteiger partial charge is 0.420 e. The molecule has 31 heavy (non-hydrogen) atoms. The van der Waals surface area contributed by atoms with Crippen molar-refractivity contribution in [3.8, 4) is 5.82 Å². The van der Waals surface area contributed by atoms with Crippen LogP contribution in [-0.2, 0) is 11.3 Å². The van der Waals surface area contributed by atoms with E-state index in [1.807, 2.05) is 31.3 Å². The fourth-order valence-corrected chi connectivity index (χ4v) is 3.76. The maximum atomic E-state index is 12.8. The van der Waals surface area contributed by atoms with Crippen LogP contribution in [0.3, 0.4) is 0 Å². The summed E-state index contributed by atoms with van der Waals surface area (Å²) in [6, 6.07) is 10.9. The van der Waals surface area contributed by atoms with Crippen molar-refractivity contribution in [3.63, 3.8) is 0 Å².